The molecule has 1 aromatic carbocycles. The molecule has 1 N–H and O–H groups in total. The minimum absolute atomic E-state index is 0.125. The van der Waals surface area contributed by atoms with Gasteiger partial charge in [-0.3, -0.25) is 9.59 Å². The lowest BCUT2D eigenvalue weighted by Crippen LogP contribution is -2.47. The number of carbonyl (C=O) groups is 2. The first-order valence-electron chi connectivity index (χ1n) is 6.82. The molecule has 0 radical (unpaired) electrons. The summed E-state index contributed by atoms with van der Waals surface area (Å²) < 4.78 is 13.8. The summed E-state index contributed by atoms with van der Waals surface area (Å²) >= 11 is 0. The van der Waals surface area contributed by atoms with E-state index in [0.29, 0.717) is 11.3 Å². The molecule has 0 bridgehead atoms. The Morgan fingerprint density at radius 3 is 2.73 bits per heavy atom. The second-order valence-corrected chi connectivity index (χ2v) is 5.49. The second-order valence-electron chi connectivity index (χ2n) is 5.49. The monoisotopic (exact) mass is 307 g/mol. The second kappa shape index (κ2) is 6.13. The van der Waals surface area contributed by atoms with Crippen molar-refractivity contribution in [3.63, 3.8) is 0 Å². The van der Waals surface area contributed by atoms with Gasteiger partial charge < -0.3 is 15.1 Å². The molecule has 1 aliphatic heterocycles. The largest absolute Gasteiger partial charge is 0.379 e. The van der Waals surface area contributed by atoms with E-state index < -0.39 is 17.3 Å². The molecule has 1 atom stereocenters. The van der Waals surface area contributed by atoms with Crippen LogP contribution >= 0.6 is 0 Å². The molecule has 2 amide bonds. The summed E-state index contributed by atoms with van der Waals surface area (Å²) in [5.41, 5.74) is -0.567. The molecular formula is C15H18FN3O3. The Kier molecular flexibility index (Phi) is 4.44. The molecular weight excluding hydrogens is 289 g/mol. The van der Waals surface area contributed by atoms with Crippen molar-refractivity contribution in [3.05, 3.63) is 35.6 Å². The minimum Gasteiger partial charge on any atom is -0.379 e. The molecule has 2 rings (SSSR count). The van der Waals surface area contributed by atoms with Gasteiger partial charge >= 0.3 is 0 Å². The molecule has 6 nitrogen and oxygen atoms in total. The average Bonchev–Trinajstić information content (AvgIpc) is 2.88. The molecule has 0 spiro atoms. The molecule has 0 saturated heterocycles. The Balaban J connectivity index is 2.01. The summed E-state index contributed by atoms with van der Waals surface area (Å²) in [5.74, 6) is -1.11. The third-order valence-electron chi connectivity index (χ3n) is 3.43. The maximum Gasteiger partial charge on any atom is 0.267 e. The number of carbonyl (C=O) groups excluding carboxylic acids is 2. The number of hydrogen-bond acceptors (Lipinski definition) is 4. The van der Waals surface area contributed by atoms with Crippen molar-refractivity contribution in [3.8, 4) is 0 Å². The molecule has 118 valence electrons. The van der Waals surface area contributed by atoms with Crippen LogP contribution in [-0.2, 0) is 14.4 Å². The molecule has 0 aromatic heterocycles. The van der Waals surface area contributed by atoms with Crippen molar-refractivity contribution in [2.45, 2.75) is 18.9 Å². The zero-order valence-corrected chi connectivity index (χ0v) is 12.7. The lowest BCUT2D eigenvalue weighted by Gasteiger charge is -2.21. The summed E-state index contributed by atoms with van der Waals surface area (Å²) in [4.78, 5) is 30.2. The fourth-order valence-electron chi connectivity index (χ4n) is 2.00. The number of hydrogen-bond donors (Lipinski definition) is 1. The lowest BCUT2D eigenvalue weighted by atomic mass is 9.95. The third kappa shape index (κ3) is 3.24. The molecule has 22 heavy (non-hydrogen) atoms. The van der Waals surface area contributed by atoms with Gasteiger partial charge in [0.25, 0.3) is 5.91 Å². The van der Waals surface area contributed by atoms with E-state index in [1.807, 2.05) is 0 Å². The number of rotatable bonds is 4. The van der Waals surface area contributed by atoms with Gasteiger partial charge in [-0.1, -0.05) is 23.4 Å². The SMILES string of the molecule is CN(C)C(=O)CNC(=O)[C@@]1(C)CC(c2ccccc2F)=NO1. The molecule has 0 unspecified atom stereocenters. The van der Waals surface area contributed by atoms with Crippen LogP contribution < -0.4 is 5.32 Å². The van der Waals surface area contributed by atoms with Gasteiger partial charge in [-0.2, -0.15) is 0 Å². The van der Waals surface area contributed by atoms with E-state index in [1.54, 1.807) is 39.2 Å². The van der Waals surface area contributed by atoms with Crippen LogP contribution in [0.1, 0.15) is 18.9 Å². The van der Waals surface area contributed by atoms with Gasteiger partial charge in [0, 0.05) is 26.1 Å². The quantitative estimate of drug-likeness (QED) is 0.899. The number of amides is 2. The van der Waals surface area contributed by atoms with Gasteiger partial charge in [-0.05, 0) is 13.0 Å². The standard InChI is InChI=1S/C15H18FN3O3/c1-15(14(21)17-9-13(20)19(2)3)8-12(18-22-15)10-6-4-5-7-11(10)16/h4-7H,8-9H2,1-3H3,(H,17,21)/t15-/m1/s1. The molecule has 0 saturated carbocycles. The fourth-order valence-corrected chi connectivity index (χ4v) is 2.00. The van der Waals surface area contributed by atoms with Crippen molar-refractivity contribution in [1.29, 1.82) is 0 Å². The Hall–Kier alpha value is -2.44. The topological polar surface area (TPSA) is 71.0 Å². The van der Waals surface area contributed by atoms with Crippen LogP contribution in [0.5, 0.6) is 0 Å². The lowest BCUT2D eigenvalue weighted by molar-refractivity contribution is -0.143. The first-order chi connectivity index (χ1) is 10.3. The summed E-state index contributed by atoms with van der Waals surface area (Å²) in [6, 6.07) is 6.17. The van der Waals surface area contributed by atoms with Crippen LogP contribution in [0.4, 0.5) is 4.39 Å². The van der Waals surface area contributed by atoms with Gasteiger partial charge in [0.05, 0.1) is 12.3 Å². The summed E-state index contributed by atoms with van der Waals surface area (Å²) in [5, 5.41) is 6.33. The third-order valence-corrected chi connectivity index (χ3v) is 3.43. The van der Waals surface area contributed by atoms with E-state index in [-0.39, 0.29) is 18.9 Å². The van der Waals surface area contributed by atoms with Crippen molar-refractivity contribution in [2.24, 2.45) is 5.16 Å². The Labute approximate surface area is 127 Å². The number of benzene rings is 1. The van der Waals surface area contributed by atoms with Crippen LogP contribution in [0, 0.1) is 5.82 Å². The first-order valence-corrected chi connectivity index (χ1v) is 6.82. The van der Waals surface area contributed by atoms with Gasteiger partial charge in [0.15, 0.2) is 0 Å². The Morgan fingerprint density at radius 1 is 1.41 bits per heavy atom. The van der Waals surface area contributed by atoms with E-state index >= 15 is 0 Å². The predicted molar refractivity (Wildman–Crippen MR) is 78.7 cm³/mol. The van der Waals surface area contributed by atoms with Gasteiger partial charge in [0.1, 0.15) is 5.82 Å². The fraction of sp³-hybridized carbons (Fsp3) is 0.400. The van der Waals surface area contributed by atoms with E-state index in [0.717, 1.165) is 0 Å². The maximum atomic E-state index is 13.8. The smallest absolute Gasteiger partial charge is 0.267 e. The highest BCUT2D eigenvalue weighted by molar-refractivity contribution is 6.05. The van der Waals surface area contributed by atoms with Crippen molar-refractivity contribution in [1.82, 2.24) is 10.2 Å². The first kappa shape index (κ1) is 15.9. The number of nitrogens with zero attached hydrogens (tertiary/aromatic N) is 2. The number of likely N-dealkylation sites (N-methyl/N-ethyl adjacent to an activating group) is 1. The summed E-state index contributed by atoms with van der Waals surface area (Å²) in [6.45, 7) is 1.43. The van der Waals surface area contributed by atoms with E-state index in [4.69, 9.17) is 4.84 Å². The molecule has 0 aliphatic carbocycles. The van der Waals surface area contributed by atoms with Gasteiger partial charge in [-0.25, -0.2) is 4.39 Å². The highest BCUT2D eigenvalue weighted by atomic mass is 19.1. The average molecular weight is 307 g/mol. The van der Waals surface area contributed by atoms with Crippen LogP contribution in [0.3, 0.4) is 0 Å². The number of halogens is 1. The molecule has 1 aliphatic rings. The highest BCUT2D eigenvalue weighted by Gasteiger charge is 2.42. The summed E-state index contributed by atoms with van der Waals surface area (Å²) in [7, 11) is 3.20. The normalized spacial score (nSPS) is 20.1. The van der Waals surface area contributed by atoms with Crippen molar-refractivity contribution in [2.75, 3.05) is 20.6 Å². The van der Waals surface area contributed by atoms with Gasteiger partial charge in [-0.15, -0.1) is 0 Å². The van der Waals surface area contributed by atoms with E-state index in [1.165, 1.54) is 11.0 Å². The Morgan fingerprint density at radius 2 is 2.09 bits per heavy atom. The molecule has 7 heteroatoms. The zero-order chi connectivity index (χ0) is 16.3. The van der Waals surface area contributed by atoms with Crippen LogP contribution in [-0.4, -0.2) is 48.7 Å². The van der Waals surface area contributed by atoms with E-state index in [9.17, 15) is 14.0 Å². The van der Waals surface area contributed by atoms with Gasteiger partial charge in [0.2, 0.25) is 11.5 Å². The van der Waals surface area contributed by atoms with Crippen LogP contribution in [0.15, 0.2) is 29.4 Å². The van der Waals surface area contributed by atoms with Crippen LogP contribution in [0.25, 0.3) is 0 Å². The molecule has 1 aromatic rings. The van der Waals surface area contributed by atoms with Crippen molar-refractivity contribution < 1.29 is 18.8 Å². The van der Waals surface area contributed by atoms with Crippen LogP contribution in [0.2, 0.25) is 0 Å². The Bertz CT molecular complexity index is 630. The number of oxime groups is 1. The summed E-state index contributed by atoms with van der Waals surface area (Å²) in [6.07, 6.45) is 0.135. The maximum absolute atomic E-state index is 13.8. The highest BCUT2D eigenvalue weighted by Crippen LogP contribution is 2.27. The number of nitrogens with one attached hydrogen (secondary N) is 1. The molecule has 0 fully saturated rings. The van der Waals surface area contributed by atoms with Crippen molar-refractivity contribution >= 4 is 17.5 Å². The van der Waals surface area contributed by atoms with E-state index in [2.05, 4.69) is 10.5 Å². The minimum atomic E-state index is -1.25. The zero-order valence-electron chi connectivity index (χ0n) is 12.7. The molecule has 1 heterocycles. The predicted octanol–water partition coefficient (Wildman–Crippen LogP) is 0.913.